The summed E-state index contributed by atoms with van der Waals surface area (Å²) in [4.78, 5) is 16.4. The number of nitrogens with zero attached hydrogens (tertiary/aromatic N) is 1. The Hall–Kier alpha value is -0.940. The minimum Gasteiger partial charge on any atom is -0.368 e. The maximum Gasteiger partial charge on any atom is 0.237 e. The molecule has 0 fully saturated rings. The van der Waals surface area contributed by atoms with Crippen LogP contribution in [-0.2, 0) is 11.2 Å². The summed E-state index contributed by atoms with van der Waals surface area (Å²) >= 11 is 1.64. The van der Waals surface area contributed by atoms with Crippen molar-refractivity contribution in [3.8, 4) is 0 Å². The molecule has 1 rings (SSSR count). The summed E-state index contributed by atoms with van der Waals surface area (Å²) in [6, 6.07) is 0. The number of hydrogen-bond donors (Lipinski definition) is 2. The number of aromatic nitrogens is 1. The van der Waals surface area contributed by atoms with E-state index in [4.69, 9.17) is 5.73 Å². The summed E-state index contributed by atoms with van der Waals surface area (Å²) in [6.45, 7) is 6.30. The van der Waals surface area contributed by atoms with Gasteiger partial charge in [0, 0.05) is 11.4 Å². The number of carbonyl (C=O) groups excluding carboxylic acids is 1. The molecule has 84 valence electrons. The third-order valence-electron chi connectivity index (χ3n) is 2.38. The van der Waals surface area contributed by atoms with Crippen LogP contribution in [-0.4, -0.2) is 23.0 Å². The van der Waals surface area contributed by atoms with Gasteiger partial charge in [-0.05, 0) is 27.2 Å². The van der Waals surface area contributed by atoms with E-state index in [9.17, 15) is 4.79 Å². The van der Waals surface area contributed by atoms with E-state index in [1.54, 1.807) is 25.2 Å². The van der Waals surface area contributed by atoms with Crippen molar-refractivity contribution in [3.05, 3.63) is 16.1 Å². The largest absolute Gasteiger partial charge is 0.368 e. The molecule has 1 aromatic rings. The van der Waals surface area contributed by atoms with Gasteiger partial charge in [0.15, 0.2) is 0 Å². The van der Waals surface area contributed by atoms with Crippen LogP contribution in [0.2, 0.25) is 0 Å². The van der Waals surface area contributed by atoms with E-state index in [0.29, 0.717) is 0 Å². The van der Waals surface area contributed by atoms with Crippen LogP contribution in [0.5, 0.6) is 0 Å². The first-order valence-corrected chi connectivity index (χ1v) is 5.75. The van der Waals surface area contributed by atoms with Gasteiger partial charge < -0.3 is 11.1 Å². The minimum atomic E-state index is -0.640. The molecule has 3 N–H and O–H groups in total. The fraction of sp³-hybridized carbons (Fsp3) is 0.600. The highest BCUT2D eigenvalue weighted by atomic mass is 32.1. The summed E-state index contributed by atoms with van der Waals surface area (Å²) in [6.07, 6.45) is 0.882. The molecule has 0 saturated carbocycles. The van der Waals surface area contributed by atoms with Gasteiger partial charge in [-0.1, -0.05) is 0 Å². The monoisotopic (exact) mass is 227 g/mol. The van der Waals surface area contributed by atoms with Gasteiger partial charge in [-0.2, -0.15) is 0 Å². The summed E-state index contributed by atoms with van der Waals surface area (Å²) in [7, 11) is 0. The number of thiazole rings is 1. The van der Waals surface area contributed by atoms with Gasteiger partial charge in [-0.25, -0.2) is 4.98 Å². The molecule has 0 saturated heterocycles. The molecule has 0 bridgehead atoms. The molecule has 0 atom stereocenters. The summed E-state index contributed by atoms with van der Waals surface area (Å²) in [5, 5.41) is 3.13. The second kappa shape index (κ2) is 4.72. The molecule has 15 heavy (non-hydrogen) atoms. The second-order valence-corrected chi connectivity index (χ2v) is 4.97. The molecule has 0 spiro atoms. The lowest BCUT2D eigenvalue weighted by Gasteiger charge is -2.21. The number of hydrogen-bond acceptors (Lipinski definition) is 4. The van der Waals surface area contributed by atoms with Gasteiger partial charge in [0.25, 0.3) is 0 Å². The van der Waals surface area contributed by atoms with Crippen molar-refractivity contribution >= 4 is 17.2 Å². The number of nitrogens with two attached hydrogens (primary N) is 1. The number of rotatable bonds is 5. The van der Waals surface area contributed by atoms with Crippen LogP contribution in [0.25, 0.3) is 0 Å². The van der Waals surface area contributed by atoms with Gasteiger partial charge >= 0.3 is 0 Å². The highest BCUT2D eigenvalue weighted by molar-refractivity contribution is 7.09. The quantitative estimate of drug-likeness (QED) is 0.783. The molecule has 1 aromatic heterocycles. The summed E-state index contributed by atoms with van der Waals surface area (Å²) < 4.78 is 0. The zero-order valence-corrected chi connectivity index (χ0v) is 10.1. The summed E-state index contributed by atoms with van der Waals surface area (Å²) in [5.41, 5.74) is 7.51. The predicted molar refractivity (Wildman–Crippen MR) is 61.8 cm³/mol. The Balaban J connectivity index is 2.40. The van der Waals surface area contributed by atoms with Crippen molar-refractivity contribution in [1.82, 2.24) is 10.3 Å². The highest BCUT2D eigenvalue weighted by Gasteiger charge is 2.23. The standard InChI is InChI=1S/C10H17N3OS/c1-7-8(15-6-12-7)4-5-13-10(2,3)9(11)14/h6,13H,4-5H2,1-3H3,(H2,11,14). The molecule has 0 unspecified atom stereocenters. The third kappa shape index (κ3) is 3.28. The van der Waals surface area contributed by atoms with Crippen molar-refractivity contribution in [2.24, 2.45) is 5.73 Å². The first-order valence-electron chi connectivity index (χ1n) is 4.87. The molecule has 4 nitrogen and oxygen atoms in total. The van der Waals surface area contributed by atoms with Crippen LogP contribution in [0.3, 0.4) is 0 Å². The molecule has 0 aliphatic rings. The molecule has 0 aliphatic carbocycles. The van der Waals surface area contributed by atoms with E-state index in [0.717, 1.165) is 18.7 Å². The fourth-order valence-corrected chi connectivity index (χ4v) is 1.92. The van der Waals surface area contributed by atoms with Crippen LogP contribution < -0.4 is 11.1 Å². The smallest absolute Gasteiger partial charge is 0.237 e. The Kier molecular flexibility index (Phi) is 3.82. The lowest BCUT2D eigenvalue weighted by atomic mass is 10.1. The topological polar surface area (TPSA) is 68.0 Å². The number of carbonyl (C=O) groups is 1. The molecule has 1 heterocycles. The average Bonchev–Trinajstić information content (AvgIpc) is 2.51. The summed E-state index contributed by atoms with van der Waals surface area (Å²) in [5.74, 6) is -0.330. The van der Waals surface area contributed by atoms with Gasteiger partial charge in [0.2, 0.25) is 5.91 Å². The normalized spacial score (nSPS) is 11.7. The number of amides is 1. The lowest BCUT2D eigenvalue weighted by Crippen LogP contribution is -2.51. The third-order valence-corrected chi connectivity index (χ3v) is 3.37. The van der Waals surface area contributed by atoms with E-state index in [2.05, 4.69) is 10.3 Å². The van der Waals surface area contributed by atoms with Gasteiger partial charge in [-0.3, -0.25) is 4.79 Å². The van der Waals surface area contributed by atoms with Crippen molar-refractivity contribution in [2.75, 3.05) is 6.54 Å². The highest BCUT2D eigenvalue weighted by Crippen LogP contribution is 2.12. The first kappa shape index (κ1) is 12.1. The van der Waals surface area contributed by atoms with E-state index < -0.39 is 5.54 Å². The van der Waals surface area contributed by atoms with Gasteiger partial charge in [0.1, 0.15) is 0 Å². The predicted octanol–water partition coefficient (Wildman–Crippen LogP) is 0.848. The molecule has 5 heteroatoms. The van der Waals surface area contributed by atoms with Crippen LogP contribution >= 0.6 is 11.3 Å². The fourth-order valence-electron chi connectivity index (χ4n) is 1.14. The van der Waals surface area contributed by atoms with E-state index in [-0.39, 0.29) is 5.91 Å². The zero-order valence-electron chi connectivity index (χ0n) is 9.33. The molecule has 0 aromatic carbocycles. The number of nitrogens with one attached hydrogen (secondary N) is 1. The molecular formula is C10H17N3OS. The van der Waals surface area contributed by atoms with Crippen molar-refractivity contribution in [2.45, 2.75) is 32.7 Å². The molecule has 0 radical (unpaired) electrons. The van der Waals surface area contributed by atoms with Crippen LogP contribution in [0.15, 0.2) is 5.51 Å². The van der Waals surface area contributed by atoms with Crippen LogP contribution in [0, 0.1) is 6.92 Å². The van der Waals surface area contributed by atoms with Crippen molar-refractivity contribution < 1.29 is 4.79 Å². The average molecular weight is 227 g/mol. The lowest BCUT2D eigenvalue weighted by molar-refractivity contribution is -0.123. The number of primary amides is 1. The van der Waals surface area contributed by atoms with Gasteiger partial charge in [-0.15, -0.1) is 11.3 Å². The van der Waals surface area contributed by atoms with E-state index in [1.165, 1.54) is 4.88 Å². The minimum absolute atomic E-state index is 0.330. The molecule has 1 amide bonds. The Labute approximate surface area is 93.9 Å². The maximum atomic E-state index is 11.0. The Morgan fingerprint density at radius 1 is 1.67 bits per heavy atom. The van der Waals surface area contributed by atoms with Crippen molar-refractivity contribution in [1.29, 1.82) is 0 Å². The second-order valence-electron chi connectivity index (χ2n) is 4.03. The zero-order chi connectivity index (χ0) is 11.5. The Morgan fingerprint density at radius 3 is 2.80 bits per heavy atom. The Bertz CT molecular complexity index is 346. The number of aryl methyl sites for hydroxylation is 1. The SMILES string of the molecule is Cc1ncsc1CCNC(C)(C)C(N)=O. The van der Waals surface area contributed by atoms with E-state index >= 15 is 0 Å². The molecular weight excluding hydrogens is 210 g/mol. The van der Waals surface area contributed by atoms with Crippen molar-refractivity contribution in [3.63, 3.8) is 0 Å². The first-order chi connectivity index (χ1) is 6.93. The van der Waals surface area contributed by atoms with Crippen LogP contribution in [0.1, 0.15) is 24.4 Å². The Morgan fingerprint density at radius 2 is 2.33 bits per heavy atom. The molecule has 0 aliphatic heterocycles. The van der Waals surface area contributed by atoms with Crippen LogP contribution in [0.4, 0.5) is 0 Å². The van der Waals surface area contributed by atoms with E-state index in [1.807, 2.05) is 12.4 Å². The van der Waals surface area contributed by atoms with Gasteiger partial charge in [0.05, 0.1) is 16.7 Å². The maximum absolute atomic E-state index is 11.0.